The molecular weight excluding hydrogens is 229 g/mol. The molecule has 0 spiro atoms. The molecule has 0 atom stereocenters. The smallest absolute Gasteiger partial charge is 1.00 e. The molecule has 0 saturated heterocycles. The molecule has 62 valence electrons. The monoisotopic (exact) mass is 236 g/mol. The summed E-state index contributed by atoms with van der Waals surface area (Å²) in [6.45, 7) is 0. The molecule has 0 N–H and O–H groups in total. The van der Waals surface area contributed by atoms with Gasteiger partial charge in [-0.05, 0) is 0 Å². The van der Waals surface area contributed by atoms with Crippen LogP contribution in [0.1, 0.15) is 0 Å². The molecule has 1 aromatic carbocycles. The second-order valence-electron chi connectivity index (χ2n) is 2.18. The third-order valence-corrected chi connectivity index (χ3v) is 2.65. The first kappa shape index (κ1) is 11.7. The van der Waals surface area contributed by atoms with Gasteiger partial charge in [0, 0.05) is 0 Å². The van der Waals surface area contributed by atoms with Gasteiger partial charge in [-0.15, -0.1) is 0 Å². The van der Waals surface area contributed by atoms with Crippen molar-refractivity contribution in [3.63, 3.8) is 0 Å². The molecular formula is C8H9ClO2Zn. The van der Waals surface area contributed by atoms with Gasteiger partial charge in [0.15, 0.2) is 0 Å². The van der Waals surface area contributed by atoms with Crippen molar-refractivity contribution in [1.82, 2.24) is 0 Å². The first-order valence-corrected chi connectivity index (χ1v) is 4.80. The predicted molar refractivity (Wildman–Crippen MR) is 39.2 cm³/mol. The van der Waals surface area contributed by atoms with Crippen LogP contribution in [0.5, 0.6) is 11.5 Å². The average molecular weight is 238 g/mol. The molecule has 1 rings (SSSR count). The molecule has 0 amide bonds. The average Bonchev–Trinajstić information content (AvgIpc) is 2.04. The molecule has 1 aromatic rings. The van der Waals surface area contributed by atoms with Crippen LogP contribution in [-0.4, -0.2) is 14.2 Å². The van der Waals surface area contributed by atoms with Crippen molar-refractivity contribution in [2.45, 2.75) is 0 Å². The minimum atomic E-state index is 0. The third kappa shape index (κ3) is 2.65. The third-order valence-electron chi connectivity index (χ3n) is 1.49. The summed E-state index contributed by atoms with van der Waals surface area (Å²) in [6.07, 6.45) is 0. The van der Waals surface area contributed by atoms with E-state index in [0.717, 1.165) is 29.8 Å². The maximum Gasteiger partial charge on any atom is -1.00 e. The summed E-state index contributed by atoms with van der Waals surface area (Å²) in [5, 5.41) is 0. The van der Waals surface area contributed by atoms with Crippen molar-refractivity contribution in [2.24, 2.45) is 0 Å². The summed E-state index contributed by atoms with van der Waals surface area (Å²) in [5.74, 6) is 1.85. The standard InChI is InChI=1S/C8H9O2.ClH.Zn/c1-9-7-3-5-8(10-2)6-4-7;;/h3-5H,1-2H3;1H;/q;;+1/p-1. The molecule has 0 aliphatic carbocycles. The van der Waals surface area contributed by atoms with Gasteiger partial charge in [-0.3, -0.25) is 0 Å². The van der Waals surface area contributed by atoms with Crippen molar-refractivity contribution >= 4 is 4.16 Å². The van der Waals surface area contributed by atoms with Crippen molar-refractivity contribution in [2.75, 3.05) is 14.2 Å². The van der Waals surface area contributed by atoms with Crippen LogP contribution < -0.4 is 26.0 Å². The molecule has 0 aliphatic rings. The summed E-state index contributed by atoms with van der Waals surface area (Å²) in [5.41, 5.74) is 0. The Balaban J connectivity index is 0.00000121. The quantitative estimate of drug-likeness (QED) is 0.548. The van der Waals surface area contributed by atoms with Crippen LogP contribution >= 0.6 is 0 Å². The Morgan fingerprint density at radius 2 is 1.83 bits per heavy atom. The summed E-state index contributed by atoms with van der Waals surface area (Å²) < 4.78 is 11.4. The van der Waals surface area contributed by atoms with E-state index in [2.05, 4.69) is 0 Å². The first-order chi connectivity index (χ1) is 5.27. The van der Waals surface area contributed by atoms with E-state index in [0.29, 0.717) is 0 Å². The van der Waals surface area contributed by atoms with Gasteiger partial charge in [-0.1, -0.05) is 0 Å². The number of rotatable bonds is 2. The molecule has 2 nitrogen and oxygen atoms in total. The molecule has 0 aromatic heterocycles. The Kier molecular flexibility index (Phi) is 5.27. The van der Waals surface area contributed by atoms with Crippen LogP contribution in [0.25, 0.3) is 0 Å². The predicted octanol–water partition coefficient (Wildman–Crippen LogP) is -2.12. The summed E-state index contributed by atoms with van der Waals surface area (Å²) in [4.78, 5) is 0. The summed E-state index contributed by atoms with van der Waals surface area (Å²) in [6, 6.07) is 5.83. The van der Waals surface area contributed by atoms with Crippen LogP contribution in [0.4, 0.5) is 0 Å². The molecule has 0 aliphatic heterocycles. The summed E-state index contributed by atoms with van der Waals surface area (Å²) in [7, 11) is 3.35. The van der Waals surface area contributed by atoms with Crippen LogP contribution in [0.15, 0.2) is 18.2 Å². The number of halogens is 1. The normalized spacial score (nSPS) is 8.67. The molecule has 0 unspecified atom stereocenters. The zero-order valence-electron chi connectivity index (χ0n) is 7.13. The van der Waals surface area contributed by atoms with Crippen LogP contribution in [0.2, 0.25) is 0 Å². The topological polar surface area (TPSA) is 18.5 Å². The summed E-state index contributed by atoms with van der Waals surface area (Å²) >= 11 is 1.08. The molecule has 0 heterocycles. The van der Waals surface area contributed by atoms with Crippen LogP contribution in [0.3, 0.4) is 0 Å². The molecule has 12 heavy (non-hydrogen) atoms. The second-order valence-corrected chi connectivity index (χ2v) is 3.78. The van der Waals surface area contributed by atoms with Gasteiger partial charge in [-0.25, -0.2) is 0 Å². The van der Waals surface area contributed by atoms with E-state index in [1.165, 1.54) is 4.16 Å². The van der Waals surface area contributed by atoms with Gasteiger partial charge in [0.1, 0.15) is 0 Å². The first-order valence-electron chi connectivity index (χ1n) is 3.32. The van der Waals surface area contributed by atoms with Gasteiger partial charge < -0.3 is 12.4 Å². The van der Waals surface area contributed by atoms with E-state index < -0.39 is 0 Å². The van der Waals surface area contributed by atoms with E-state index in [9.17, 15) is 0 Å². The Morgan fingerprint density at radius 1 is 1.17 bits per heavy atom. The van der Waals surface area contributed by atoms with Gasteiger partial charge >= 0.3 is 75.9 Å². The van der Waals surface area contributed by atoms with Crippen molar-refractivity contribution in [3.8, 4) is 11.5 Å². The van der Waals surface area contributed by atoms with E-state index >= 15 is 0 Å². The van der Waals surface area contributed by atoms with Crippen molar-refractivity contribution in [1.29, 1.82) is 0 Å². The van der Waals surface area contributed by atoms with E-state index in [-0.39, 0.29) is 12.4 Å². The zero-order chi connectivity index (χ0) is 8.27. The Hall–Kier alpha value is -0.267. The van der Waals surface area contributed by atoms with Gasteiger partial charge in [0.25, 0.3) is 0 Å². The maximum absolute atomic E-state index is 5.12. The van der Waals surface area contributed by atoms with E-state index in [1.54, 1.807) is 14.2 Å². The van der Waals surface area contributed by atoms with Gasteiger partial charge in [-0.2, -0.15) is 0 Å². The van der Waals surface area contributed by atoms with Crippen molar-refractivity contribution in [3.05, 3.63) is 18.2 Å². The second kappa shape index (κ2) is 5.39. The largest absolute Gasteiger partial charge is 1.00 e. The fraction of sp³-hybridized carbons (Fsp3) is 0.250. The number of ether oxygens (including phenoxy) is 2. The molecule has 4 heteroatoms. The maximum atomic E-state index is 5.12. The number of benzene rings is 1. The Bertz CT molecular complexity index is 253. The SMILES string of the molecule is COc1ccc(OC)[c]([Zn+])c1.[Cl-]. The van der Waals surface area contributed by atoms with E-state index in [4.69, 9.17) is 9.47 Å². The minimum absolute atomic E-state index is 0. The van der Waals surface area contributed by atoms with Gasteiger partial charge in [0.05, 0.1) is 0 Å². The van der Waals surface area contributed by atoms with Crippen molar-refractivity contribution < 1.29 is 40.2 Å². The zero-order valence-corrected chi connectivity index (χ0v) is 10.9. The molecule has 0 bridgehead atoms. The van der Waals surface area contributed by atoms with E-state index in [1.807, 2.05) is 18.2 Å². The number of methoxy groups -OCH3 is 2. The Morgan fingerprint density at radius 3 is 2.25 bits per heavy atom. The van der Waals surface area contributed by atoms with Crippen LogP contribution in [-0.2, 0) is 18.3 Å². The fourth-order valence-electron chi connectivity index (χ4n) is 0.882. The minimum Gasteiger partial charge on any atom is -1.00 e. The van der Waals surface area contributed by atoms with Crippen LogP contribution in [0, 0.1) is 0 Å². The molecule has 0 saturated carbocycles. The number of hydrogen-bond donors (Lipinski definition) is 0. The fourth-order valence-corrected chi connectivity index (χ4v) is 1.85. The number of hydrogen-bond acceptors (Lipinski definition) is 2. The van der Waals surface area contributed by atoms with Gasteiger partial charge in [0.2, 0.25) is 0 Å². The Labute approximate surface area is 88.3 Å². The molecule has 0 fully saturated rings. The molecule has 0 radical (unpaired) electrons.